The van der Waals surface area contributed by atoms with E-state index in [0.29, 0.717) is 15.6 Å². The van der Waals surface area contributed by atoms with Crippen molar-refractivity contribution in [2.45, 2.75) is 20.3 Å². The number of halogens is 2. The van der Waals surface area contributed by atoms with Crippen molar-refractivity contribution in [2.24, 2.45) is 5.41 Å². The van der Waals surface area contributed by atoms with Crippen molar-refractivity contribution in [2.75, 3.05) is 6.61 Å². The molecule has 0 spiro atoms. The largest absolute Gasteiger partial charge is 0.465 e. The summed E-state index contributed by atoms with van der Waals surface area (Å²) in [5.41, 5.74) is -0.706. The second kappa shape index (κ2) is 6.08. The van der Waals surface area contributed by atoms with Gasteiger partial charge in [-0.2, -0.15) is 5.26 Å². The van der Waals surface area contributed by atoms with E-state index < -0.39 is 11.4 Å². The van der Waals surface area contributed by atoms with Gasteiger partial charge in [-0.15, -0.1) is 0 Å². The third-order valence-corrected chi connectivity index (χ3v) is 3.27. The number of nitrogens with zero attached hydrogens (tertiary/aromatic N) is 1. The van der Waals surface area contributed by atoms with E-state index in [9.17, 15) is 10.1 Å². The van der Waals surface area contributed by atoms with Crippen LogP contribution in [-0.4, -0.2) is 12.6 Å². The molecule has 1 unspecified atom stereocenters. The van der Waals surface area contributed by atoms with Gasteiger partial charge in [-0.3, -0.25) is 4.79 Å². The summed E-state index contributed by atoms with van der Waals surface area (Å²) in [6.07, 6.45) is 0.126. The number of esters is 1. The van der Waals surface area contributed by atoms with Crippen LogP contribution in [0.5, 0.6) is 0 Å². The second-order valence-corrected chi connectivity index (χ2v) is 4.86. The molecule has 5 heteroatoms. The van der Waals surface area contributed by atoms with Gasteiger partial charge >= 0.3 is 5.97 Å². The number of hydrogen-bond donors (Lipinski definition) is 0. The highest BCUT2D eigenvalue weighted by Crippen LogP contribution is 2.32. The van der Waals surface area contributed by atoms with Crippen molar-refractivity contribution in [3.63, 3.8) is 0 Å². The van der Waals surface area contributed by atoms with Crippen molar-refractivity contribution >= 4 is 29.2 Å². The van der Waals surface area contributed by atoms with Crippen LogP contribution in [0.4, 0.5) is 0 Å². The summed E-state index contributed by atoms with van der Waals surface area (Å²) in [6.45, 7) is 3.44. The Morgan fingerprint density at radius 3 is 2.44 bits per heavy atom. The number of ether oxygens (including phenoxy) is 1. The normalized spacial score (nSPS) is 13.5. The molecule has 1 rings (SSSR count). The molecule has 0 heterocycles. The van der Waals surface area contributed by atoms with E-state index in [-0.39, 0.29) is 13.0 Å². The van der Waals surface area contributed by atoms with Gasteiger partial charge in [0.1, 0.15) is 0 Å². The van der Waals surface area contributed by atoms with Crippen molar-refractivity contribution in [1.29, 1.82) is 5.26 Å². The zero-order valence-electron chi connectivity index (χ0n) is 10.2. The number of carbonyl (C=O) groups is 1. The minimum Gasteiger partial charge on any atom is -0.465 e. The number of hydrogen-bond acceptors (Lipinski definition) is 3. The fourth-order valence-corrected chi connectivity index (χ4v) is 2.03. The van der Waals surface area contributed by atoms with Gasteiger partial charge in [0.2, 0.25) is 0 Å². The maximum atomic E-state index is 11.8. The van der Waals surface area contributed by atoms with Gasteiger partial charge < -0.3 is 4.74 Å². The fourth-order valence-electron chi connectivity index (χ4n) is 1.50. The van der Waals surface area contributed by atoms with Crippen molar-refractivity contribution in [1.82, 2.24) is 0 Å². The Morgan fingerprint density at radius 1 is 1.44 bits per heavy atom. The van der Waals surface area contributed by atoms with Gasteiger partial charge in [0.05, 0.1) is 12.7 Å². The molecule has 0 aliphatic rings. The van der Waals surface area contributed by atoms with Crippen LogP contribution < -0.4 is 0 Å². The topological polar surface area (TPSA) is 50.1 Å². The summed E-state index contributed by atoms with van der Waals surface area (Å²) in [7, 11) is 0. The molecule has 0 radical (unpaired) electrons. The highest BCUT2D eigenvalue weighted by molar-refractivity contribution is 6.36. The Bertz CT molecular complexity index is 476. The van der Waals surface area contributed by atoms with Gasteiger partial charge in [0.15, 0.2) is 5.41 Å². The molecule has 3 nitrogen and oxygen atoms in total. The van der Waals surface area contributed by atoms with Crippen LogP contribution in [-0.2, 0) is 16.0 Å². The molecule has 18 heavy (non-hydrogen) atoms. The van der Waals surface area contributed by atoms with E-state index in [4.69, 9.17) is 27.9 Å². The van der Waals surface area contributed by atoms with Gasteiger partial charge in [0.25, 0.3) is 0 Å². The van der Waals surface area contributed by atoms with E-state index in [1.165, 1.54) is 6.92 Å². The Labute approximate surface area is 116 Å². The Hall–Kier alpha value is -1.24. The lowest BCUT2D eigenvalue weighted by atomic mass is 9.85. The summed E-state index contributed by atoms with van der Waals surface area (Å²) in [6, 6.07) is 7.03. The molecule has 0 saturated carbocycles. The number of nitriles is 1. The van der Waals surface area contributed by atoms with E-state index >= 15 is 0 Å². The lowest BCUT2D eigenvalue weighted by Crippen LogP contribution is -2.31. The van der Waals surface area contributed by atoms with Crippen LogP contribution in [0.2, 0.25) is 10.0 Å². The zero-order valence-corrected chi connectivity index (χ0v) is 11.7. The summed E-state index contributed by atoms with van der Waals surface area (Å²) in [4.78, 5) is 11.8. The standard InChI is InChI=1S/C13H13Cl2NO2/c1-3-18-12(17)13(2,8-16)7-9-10(14)5-4-6-11(9)15/h4-6H,3,7H2,1-2H3. The van der Waals surface area contributed by atoms with Crippen LogP contribution in [0, 0.1) is 16.7 Å². The molecule has 96 valence electrons. The zero-order chi connectivity index (χ0) is 13.8. The molecule has 0 fully saturated rings. The predicted octanol–water partition coefficient (Wildman–Crippen LogP) is 3.63. The van der Waals surface area contributed by atoms with Gasteiger partial charge in [-0.1, -0.05) is 29.3 Å². The molecule has 1 aromatic carbocycles. The lowest BCUT2D eigenvalue weighted by Gasteiger charge is -2.20. The number of rotatable bonds is 4. The first-order chi connectivity index (χ1) is 8.44. The molecule has 0 aromatic heterocycles. The highest BCUT2D eigenvalue weighted by atomic mass is 35.5. The number of carbonyl (C=O) groups excluding carboxylic acids is 1. The van der Waals surface area contributed by atoms with Gasteiger partial charge in [-0.25, -0.2) is 0 Å². The first kappa shape index (κ1) is 14.8. The van der Waals surface area contributed by atoms with E-state index in [1.54, 1.807) is 25.1 Å². The Kier molecular flexibility index (Phi) is 5.01. The molecule has 0 aliphatic carbocycles. The monoisotopic (exact) mass is 285 g/mol. The van der Waals surface area contributed by atoms with Crippen molar-refractivity contribution < 1.29 is 9.53 Å². The average Bonchev–Trinajstić information content (AvgIpc) is 2.34. The van der Waals surface area contributed by atoms with Crippen LogP contribution >= 0.6 is 23.2 Å². The molecule has 0 aliphatic heterocycles. The van der Waals surface area contributed by atoms with Crippen LogP contribution in [0.15, 0.2) is 18.2 Å². The van der Waals surface area contributed by atoms with Crippen LogP contribution in [0.1, 0.15) is 19.4 Å². The highest BCUT2D eigenvalue weighted by Gasteiger charge is 2.36. The number of benzene rings is 1. The summed E-state index contributed by atoms with van der Waals surface area (Å²) < 4.78 is 4.90. The molecular weight excluding hydrogens is 273 g/mol. The minimum absolute atomic E-state index is 0.126. The summed E-state index contributed by atoms with van der Waals surface area (Å²) >= 11 is 12.1. The maximum Gasteiger partial charge on any atom is 0.326 e. The fraction of sp³-hybridized carbons (Fsp3) is 0.385. The molecule has 0 N–H and O–H groups in total. The van der Waals surface area contributed by atoms with E-state index in [2.05, 4.69) is 0 Å². The predicted molar refractivity (Wildman–Crippen MR) is 70.5 cm³/mol. The van der Waals surface area contributed by atoms with Crippen molar-refractivity contribution in [3.05, 3.63) is 33.8 Å². The molecule has 0 amide bonds. The van der Waals surface area contributed by atoms with Crippen molar-refractivity contribution in [3.8, 4) is 6.07 Å². The van der Waals surface area contributed by atoms with Crippen LogP contribution in [0.3, 0.4) is 0 Å². The SMILES string of the molecule is CCOC(=O)C(C)(C#N)Cc1c(Cl)cccc1Cl. The first-order valence-corrected chi connectivity index (χ1v) is 6.21. The minimum atomic E-state index is -1.29. The third-order valence-electron chi connectivity index (χ3n) is 2.56. The lowest BCUT2D eigenvalue weighted by molar-refractivity contribution is -0.151. The first-order valence-electron chi connectivity index (χ1n) is 5.46. The van der Waals surface area contributed by atoms with E-state index in [0.717, 1.165) is 0 Å². The molecule has 1 atom stereocenters. The summed E-state index contributed by atoms with van der Waals surface area (Å²) in [5, 5.41) is 10.1. The average molecular weight is 286 g/mol. The van der Waals surface area contributed by atoms with Gasteiger partial charge in [0, 0.05) is 16.5 Å². The molecule has 0 bridgehead atoms. The smallest absolute Gasteiger partial charge is 0.326 e. The summed E-state index contributed by atoms with van der Waals surface area (Å²) in [5.74, 6) is -0.566. The molecule has 0 saturated heterocycles. The Morgan fingerprint density at radius 2 is 2.00 bits per heavy atom. The molecule has 1 aromatic rings. The quantitative estimate of drug-likeness (QED) is 0.794. The second-order valence-electron chi connectivity index (χ2n) is 4.04. The maximum absolute atomic E-state index is 11.8. The third kappa shape index (κ3) is 3.16. The van der Waals surface area contributed by atoms with Gasteiger partial charge in [-0.05, 0) is 31.5 Å². The Balaban J connectivity index is 3.07. The van der Waals surface area contributed by atoms with Crippen LogP contribution in [0.25, 0.3) is 0 Å². The van der Waals surface area contributed by atoms with E-state index in [1.807, 2.05) is 6.07 Å². The molecular formula is C13H13Cl2NO2.